The first-order chi connectivity index (χ1) is 7.22. The molecule has 0 saturated heterocycles. The van der Waals surface area contributed by atoms with Crippen molar-refractivity contribution in [3.8, 4) is 5.69 Å². The molecule has 0 aliphatic carbocycles. The van der Waals surface area contributed by atoms with Crippen LogP contribution in [0.25, 0.3) is 5.69 Å². The Balaban J connectivity index is 2.50. The summed E-state index contributed by atoms with van der Waals surface area (Å²) < 4.78 is 4.31. The highest BCUT2D eigenvalue weighted by molar-refractivity contribution is 9.10. The predicted octanol–water partition coefficient (Wildman–Crippen LogP) is 2.42. The van der Waals surface area contributed by atoms with Gasteiger partial charge in [0.05, 0.1) is 5.69 Å². The first-order valence-electron chi connectivity index (χ1n) is 4.76. The molecule has 0 atom stereocenters. The molecule has 0 spiro atoms. The normalized spacial score (nSPS) is 10.5. The van der Waals surface area contributed by atoms with Crippen LogP contribution in [-0.4, -0.2) is 9.13 Å². The summed E-state index contributed by atoms with van der Waals surface area (Å²) in [5.41, 5.74) is 0.884. The van der Waals surface area contributed by atoms with E-state index < -0.39 is 0 Å². The number of aromatic nitrogens is 2. The van der Waals surface area contributed by atoms with Gasteiger partial charge in [-0.3, -0.25) is 9.13 Å². The van der Waals surface area contributed by atoms with Crippen LogP contribution >= 0.6 is 15.9 Å². The van der Waals surface area contributed by atoms with Crippen molar-refractivity contribution in [3.05, 3.63) is 51.6 Å². The molecule has 2 rings (SSSR count). The van der Waals surface area contributed by atoms with Gasteiger partial charge in [-0.2, -0.15) is 0 Å². The van der Waals surface area contributed by atoms with Gasteiger partial charge in [0.25, 0.3) is 0 Å². The van der Waals surface area contributed by atoms with Crippen molar-refractivity contribution >= 4 is 15.9 Å². The van der Waals surface area contributed by atoms with Gasteiger partial charge in [0, 0.05) is 23.4 Å². The molecule has 0 aliphatic heterocycles. The standard InChI is InChI=1S/C11H11BrN2O/c1-2-13-7-8-14(11(13)15)10-5-3-9(12)4-6-10/h3-8H,2H2,1H3. The summed E-state index contributed by atoms with van der Waals surface area (Å²) in [6.07, 6.45) is 3.58. The Hall–Kier alpha value is -1.29. The van der Waals surface area contributed by atoms with Crippen LogP contribution < -0.4 is 5.69 Å². The summed E-state index contributed by atoms with van der Waals surface area (Å²) in [5.74, 6) is 0. The Morgan fingerprint density at radius 2 is 1.87 bits per heavy atom. The van der Waals surface area contributed by atoms with E-state index in [1.54, 1.807) is 21.5 Å². The minimum absolute atomic E-state index is 0.000164. The van der Waals surface area contributed by atoms with E-state index in [1.165, 1.54) is 0 Å². The summed E-state index contributed by atoms with van der Waals surface area (Å²) >= 11 is 3.36. The SMILES string of the molecule is CCn1ccn(-c2ccc(Br)cc2)c1=O. The highest BCUT2D eigenvalue weighted by atomic mass is 79.9. The van der Waals surface area contributed by atoms with E-state index in [-0.39, 0.29) is 5.69 Å². The third-order valence-corrected chi connectivity index (χ3v) is 2.82. The van der Waals surface area contributed by atoms with Crippen LogP contribution in [0.2, 0.25) is 0 Å². The van der Waals surface area contributed by atoms with E-state index in [9.17, 15) is 4.79 Å². The molecule has 0 bridgehead atoms. The third-order valence-electron chi connectivity index (χ3n) is 2.29. The molecular formula is C11H11BrN2O. The van der Waals surface area contributed by atoms with Crippen molar-refractivity contribution < 1.29 is 0 Å². The highest BCUT2D eigenvalue weighted by Gasteiger charge is 2.02. The van der Waals surface area contributed by atoms with E-state index in [4.69, 9.17) is 0 Å². The summed E-state index contributed by atoms with van der Waals surface area (Å²) in [4.78, 5) is 11.8. The lowest BCUT2D eigenvalue weighted by Crippen LogP contribution is -2.22. The summed E-state index contributed by atoms with van der Waals surface area (Å²) in [7, 11) is 0. The van der Waals surface area contributed by atoms with Crippen molar-refractivity contribution in [2.75, 3.05) is 0 Å². The van der Waals surface area contributed by atoms with Crippen LogP contribution in [0.15, 0.2) is 45.9 Å². The fourth-order valence-electron chi connectivity index (χ4n) is 1.45. The molecule has 0 fully saturated rings. The van der Waals surface area contributed by atoms with E-state index in [2.05, 4.69) is 15.9 Å². The molecule has 1 aromatic heterocycles. The number of hydrogen-bond donors (Lipinski definition) is 0. The van der Waals surface area contributed by atoms with Crippen molar-refractivity contribution in [1.29, 1.82) is 0 Å². The Labute approximate surface area is 96.1 Å². The van der Waals surface area contributed by atoms with Crippen LogP contribution in [0.1, 0.15) is 6.92 Å². The van der Waals surface area contributed by atoms with Gasteiger partial charge < -0.3 is 0 Å². The average Bonchev–Trinajstić information content (AvgIpc) is 2.61. The molecule has 0 saturated carbocycles. The van der Waals surface area contributed by atoms with Gasteiger partial charge in [-0.1, -0.05) is 15.9 Å². The fourth-order valence-corrected chi connectivity index (χ4v) is 1.72. The van der Waals surface area contributed by atoms with Crippen LogP contribution in [0.3, 0.4) is 0 Å². The van der Waals surface area contributed by atoms with Crippen molar-refractivity contribution in [3.63, 3.8) is 0 Å². The maximum atomic E-state index is 11.8. The lowest BCUT2D eigenvalue weighted by Gasteiger charge is -2.00. The lowest BCUT2D eigenvalue weighted by molar-refractivity contribution is 0.714. The molecule has 0 amide bonds. The molecular weight excluding hydrogens is 256 g/mol. The van der Waals surface area contributed by atoms with E-state index >= 15 is 0 Å². The smallest absolute Gasteiger partial charge is 0.299 e. The number of imidazole rings is 1. The predicted molar refractivity (Wildman–Crippen MR) is 63.4 cm³/mol. The maximum absolute atomic E-state index is 11.8. The number of aryl methyl sites for hydroxylation is 1. The molecule has 15 heavy (non-hydrogen) atoms. The van der Waals surface area contributed by atoms with Crippen LogP contribution in [-0.2, 0) is 6.54 Å². The third kappa shape index (κ3) is 1.90. The lowest BCUT2D eigenvalue weighted by atomic mass is 10.3. The van der Waals surface area contributed by atoms with Gasteiger partial charge in [-0.25, -0.2) is 4.79 Å². The summed E-state index contributed by atoms with van der Waals surface area (Å²) in [6.45, 7) is 2.65. The second-order valence-electron chi connectivity index (χ2n) is 3.21. The molecule has 0 unspecified atom stereocenters. The Bertz CT molecular complexity index is 510. The summed E-state index contributed by atoms with van der Waals surface area (Å²) in [6, 6.07) is 7.66. The molecule has 0 N–H and O–H groups in total. The van der Waals surface area contributed by atoms with Gasteiger partial charge in [-0.05, 0) is 31.2 Å². The Kier molecular flexibility index (Phi) is 2.77. The number of hydrogen-bond acceptors (Lipinski definition) is 1. The van der Waals surface area contributed by atoms with Gasteiger partial charge in [0.15, 0.2) is 0 Å². The molecule has 78 valence electrons. The zero-order chi connectivity index (χ0) is 10.8. The summed E-state index contributed by atoms with van der Waals surface area (Å²) in [5, 5.41) is 0. The minimum atomic E-state index is -0.000164. The fraction of sp³-hybridized carbons (Fsp3) is 0.182. The topological polar surface area (TPSA) is 26.9 Å². The molecule has 0 aliphatic rings. The van der Waals surface area contributed by atoms with Crippen molar-refractivity contribution in [2.24, 2.45) is 0 Å². The quantitative estimate of drug-likeness (QED) is 0.820. The number of rotatable bonds is 2. The molecule has 1 aromatic carbocycles. The Morgan fingerprint density at radius 3 is 2.40 bits per heavy atom. The number of halogens is 1. The van der Waals surface area contributed by atoms with E-state index in [0.29, 0.717) is 6.54 Å². The maximum Gasteiger partial charge on any atom is 0.332 e. The second-order valence-corrected chi connectivity index (χ2v) is 4.13. The zero-order valence-electron chi connectivity index (χ0n) is 8.35. The Morgan fingerprint density at radius 1 is 1.20 bits per heavy atom. The van der Waals surface area contributed by atoms with Gasteiger partial charge in [0.2, 0.25) is 0 Å². The average molecular weight is 267 g/mol. The minimum Gasteiger partial charge on any atom is -0.299 e. The van der Waals surface area contributed by atoms with Crippen LogP contribution in [0.5, 0.6) is 0 Å². The van der Waals surface area contributed by atoms with Gasteiger partial charge >= 0.3 is 5.69 Å². The van der Waals surface area contributed by atoms with Gasteiger partial charge in [0.1, 0.15) is 0 Å². The molecule has 2 aromatic rings. The monoisotopic (exact) mass is 266 g/mol. The van der Waals surface area contributed by atoms with Gasteiger partial charge in [-0.15, -0.1) is 0 Å². The second kappa shape index (κ2) is 4.06. The van der Waals surface area contributed by atoms with Crippen LogP contribution in [0.4, 0.5) is 0 Å². The molecule has 0 radical (unpaired) electrons. The zero-order valence-corrected chi connectivity index (χ0v) is 9.94. The largest absolute Gasteiger partial charge is 0.332 e. The number of nitrogens with zero attached hydrogens (tertiary/aromatic N) is 2. The first kappa shape index (κ1) is 10.2. The van der Waals surface area contributed by atoms with Crippen molar-refractivity contribution in [1.82, 2.24) is 9.13 Å². The van der Waals surface area contributed by atoms with Crippen LogP contribution in [0, 0.1) is 0 Å². The van der Waals surface area contributed by atoms with E-state index in [1.807, 2.05) is 31.2 Å². The first-order valence-corrected chi connectivity index (χ1v) is 5.55. The van der Waals surface area contributed by atoms with Crippen molar-refractivity contribution in [2.45, 2.75) is 13.5 Å². The molecule has 3 nitrogen and oxygen atoms in total. The number of benzene rings is 1. The molecule has 4 heteroatoms. The van der Waals surface area contributed by atoms with E-state index in [0.717, 1.165) is 10.2 Å². The molecule has 1 heterocycles. The highest BCUT2D eigenvalue weighted by Crippen LogP contribution is 2.12.